The molecule has 0 saturated carbocycles. The Hall–Kier alpha value is -0.670. The Morgan fingerprint density at radius 2 is 2.20 bits per heavy atom. The molecular weight excluding hydrogens is 190 g/mol. The van der Waals surface area contributed by atoms with Gasteiger partial charge in [-0.1, -0.05) is 13.0 Å². The van der Waals surface area contributed by atoms with Gasteiger partial charge in [-0.05, 0) is 19.4 Å². The summed E-state index contributed by atoms with van der Waals surface area (Å²) >= 11 is 0. The van der Waals surface area contributed by atoms with Crippen LogP contribution < -0.4 is 0 Å². The fourth-order valence-electron chi connectivity index (χ4n) is 2.49. The Kier molecular flexibility index (Phi) is 3.22. The molecule has 3 heterocycles. The minimum absolute atomic E-state index is 0.212. The summed E-state index contributed by atoms with van der Waals surface area (Å²) in [5.41, 5.74) is 0. The standard InChI is InChI=1S/C12H19NO2/c1-3-12(14)5-4-9(2)13-10-6-11(13)8-15-7-10/h4-5,9-11H,3,6-8H2,1-2H3/b5-4+. The van der Waals surface area contributed by atoms with Crippen molar-refractivity contribution in [2.45, 2.75) is 44.8 Å². The molecule has 15 heavy (non-hydrogen) atoms. The van der Waals surface area contributed by atoms with E-state index >= 15 is 0 Å². The van der Waals surface area contributed by atoms with Crippen molar-refractivity contribution in [1.82, 2.24) is 4.90 Å². The fraction of sp³-hybridized carbons (Fsp3) is 0.750. The van der Waals surface area contributed by atoms with E-state index in [2.05, 4.69) is 11.8 Å². The van der Waals surface area contributed by atoms with Gasteiger partial charge in [0.1, 0.15) is 0 Å². The third-order valence-corrected chi connectivity index (χ3v) is 3.39. The molecule has 0 aliphatic carbocycles. The highest BCUT2D eigenvalue weighted by Crippen LogP contribution is 2.32. The average Bonchev–Trinajstić information content (AvgIpc) is 2.26. The second-order valence-electron chi connectivity index (χ2n) is 4.45. The minimum atomic E-state index is 0.212. The van der Waals surface area contributed by atoms with Gasteiger partial charge in [-0.3, -0.25) is 9.69 Å². The van der Waals surface area contributed by atoms with Gasteiger partial charge >= 0.3 is 0 Å². The van der Waals surface area contributed by atoms with E-state index in [9.17, 15) is 4.79 Å². The van der Waals surface area contributed by atoms with Crippen LogP contribution in [-0.2, 0) is 9.53 Å². The first-order valence-corrected chi connectivity index (χ1v) is 5.78. The van der Waals surface area contributed by atoms with Crippen LogP contribution in [0.4, 0.5) is 0 Å². The van der Waals surface area contributed by atoms with Gasteiger partial charge in [-0.15, -0.1) is 0 Å². The molecule has 3 fully saturated rings. The van der Waals surface area contributed by atoms with Gasteiger partial charge < -0.3 is 4.74 Å². The molecule has 3 unspecified atom stereocenters. The predicted octanol–water partition coefficient (Wildman–Crippen LogP) is 1.38. The number of carbonyl (C=O) groups is 1. The maximum absolute atomic E-state index is 11.2. The molecule has 3 rings (SSSR count). The lowest BCUT2D eigenvalue weighted by molar-refractivity contribution is -0.136. The molecule has 3 aliphatic heterocycles. The highest BCUT2D eigenvalue weighted by atomic mass is 16.5. The number of hydrogen-bond donors (Lipinski definition) is 0. The molecule has 3 heteroatoms. The van der Waals surface area contributed by atoms with Crippen LogP contribution in [0, 0.1) is 0 Å². The molecule has 0 amide bonds. The van der Waals surface area contributed by atoms with Crippen molar-refractivity contribution in [2.24, 2.45) is 0 Å². The summed E-state index contributed by atoms with van der Waals surface area (Å²) in [6.45, 7) is 5.76. The summed E-state index contributed by atoms with van der Waals surface area (Å²) in [5.74, 6) is 0.212. The van der Waals surface area contributed by atoms with Crippen LogP contribution in [0.15, 0.2) is 12.2 Å². The molecule has 3 aliphatic rings. The van der Waals surface area contributed by atoms with Crippen molar-refractivity contribution in [3.63, 3.8) is 0 Å². The van der Waals surface area contributed by atoms with E-state index in [0.29, 0.717) is 24.5 Å². The second kappa shape index (κ2) is 4.45. The van der Waals surface area contributed by atoms with Crippen LogP contribution in [0.2, 0.25) is 0 Å². The zero-order chi connectivity index (χ0) is 10.8. The summed E-state index contributed by atoms with van der Waals surface area (Å²) in [5, 5.41) is 0. The monoisotopic (exact) mass is 209 g/mol. The first kappa shape index (κ1) is 10.8. The Morgan fingerprint density at radius 1 is 1.53 bits per heavy atom. The molecule has 0 N–H and O–H groups in total. The lowest BCUT2D eigenvalue weighted by Crippen LogP contribution is -2.65. The molecular formula is C12H19NO2. The molecule has 84 valence electrons. The average molecular weight is 209 g/mol. The Balaban J connectivity index is 1.88. The first-order valence-electron chi connectivity index (χ1n) is 5.78. The van der Waals surface area contributed by atoms with Crippen LogP contribution in [0.5, 0.6) is 0 Å². The van der Waals surface area contributed by atoms with Gasteiger partial charge in [-0.25, -0.2) is 0 Å². The lowest BCUT2D eigenvalue weighted by atomic mass is 9.89. The van der Waals surface area contributed by atoms with Gasteiger partial charge in [-0.2, -0.15) is 0 Å². The van der Waals surface area contributed by atoms with Crippen molar-refractivity contribution in [1.29, 1.82) is 0 Å². The third kappa shape index (κ3) is 2.13. The number of rotatable bonds is 4. The Labute approximate surface area is 91.1 Å². The van der Waals surface area contributed by atoms with Gasteiger partial charge in [0.05, 0.1) is 13.2 Å². The molecule has 3 atom stereocenters. The third-order valence-electron chi connectivity index (χ3n) is 3.39. The number of fused-ring (bicyclic) bond motifs is 2. The summed E-state index contributed by atoms with van der Waals surface area (Å²) in [6.07, 6.45) is 5.61. The molecule has 0 aromatic carbocycles. The topological polar surface area (TPSA) is 29.5 Å². The van der Waals surface area contributed by atoms with Crippen LogP contribution in [0.3, 0.4) is 0 Å². The molecule has 0 aromatic rings. The van der Waals surface area contributed by atoms with Crippen molar-refractivity contribution in [3.05, 3.63) is 12.2 Å². The van der Waals surface area contributed by atoms with E-state index in [0.717, 1.165) is 13.2 Å². The van der Waals surface area contributed by atoms with Gasteiger partial charge in [0.25, 0.3) is 0 Å². The van der Waals surface area contributed by atoms with Gasteiger partial charge in [0, 0.05) is 24.5 Å². The summed E-state index contributed by atoms with van der Waals surface area (Å²) in [6, 6.07) is 1.54. The summed E-state index contributed by atoms with van der Waals surface area (Å²) in [7, 11) is 0. The largest absolute Gasteiger partial charge is 0.378 e. The van der Waals surface area contributed by atoms with Crippen LogP contribution in [-0.4, -0.2) is 42.0 Å². The smallest absolute Gasteiger partial charge is 0.155 e. The maximum Gasteiger partial charge on any atom is 0.155 e. The first-order chi connectivity index (χ1) is 7.22. The van der Waals surface area contributed by atoms with E-state index in [1.165, 1.54) is 6.42 Å². The second-order valence-corrected chi connectivity index (χ2v) is 4.45. The molecule has 0 radical (unpaired) electrons. The molecule has 2 bridgehead atoms. The minimum Gasteiger partial charge on any atom is -0.378 e. The predicted molar refractivity (Wildman–Crippen MR) is 58.8 cm³/mol. The number of nitrogens with zero attached hydrogens (tertiary/aromatic N) is 1. The van der Waals surface area contributed by atoms with Crippen LogP contribution in [0.25, 0.3) is 0 Å². The SMILES string of the molecule is CCC(=O)/C=C/C(C)N1C2COCC1C2. The number of ketones is 1. The molecule has 3 saturated heterocycles. The zero-order valence-corrected chi connectivity index (χ0v) is 9.48. The van der Waals surface area contributed by atoms with Gasteiger partial charge in [0.15, 0.2) is 5.78 Å². The number of carbonyl (C=O) groups excluding carboxylic acids is 1. The van der Waals surface area contributed by atoms with Crippen molar-refractivity contribution >= 4 is 5.78 Å². The number of hydrogen-bond acceptors (Lipinski definition) is 3. The molecule has 0 aromatic heterocycles. The van der Waals surface area contributed by atoms with E-state index in [4.69, 9.17) is 4.74 Å². The fourth-order valence-corrected chi connectivity index (χ4v) is 2.49. The van der Waals surface area contributed by atoms with Crippen molar-refractivity contribution in [2.75, 3.05) is 13.2 Å². The molecule has 0 spiro atoms. The quantitative estimate of drug-likeness (QED) is 0.655. The Morgan fingerprint density at radius 3 is 2.73 bits per heavy atom. The summed E-state index contributed by atoms with van der Waals surface area (Å²) in [4.78, 5) is 13.6. The van der Waals surface area contributed by atoms with Gasteiger partial charge in [0.2, 0.25) is 0 Å². The number of morpholine rings is 1. The Bertz CT molecular complexity index is 261. The zero-order valence-electron chi connectivity index (χ0n) is 9.48. The highest BCUT2D eigenvalue weighted by molar-refractivity contribution is 5.89. The number of allylic oxidation sites excluding steroid dienone is 1. The van der Waals surface area contributed by atoms with Crippen molar-refractivity contribution in [3.8, 4) is 0 Å². The van der Waals surface area contributed by atoms with E-state index in [1.54, 1.807) is 6.08 Å². The van der Waals surface area contributed by atoms with E-state index < -0.39 is 0 Å². The van der Waals surface area contributed by atoms with E-state index in [1.807, 2.05) is 13.0 Å². The highest BCUT2D eigenvalue weighted by Gasteiger charge is 2.43. The normalized spacial score (nSPS) is 32.7. The van der Waals surface area contributed by atoms with E-state index in [-0.39, 0.29) is 5.78 Å². The van der Waals surface area contributed by atoms with Crippen LogP contribution in [0.1, 0.15) is 26.7 Å². The lowest BCUT2D eigenvalue weighted by Gasteiger charge is -2.54. The molecule has 3 nitrogen and oxygen atoms in total. The summed E-state index contributed by atoms with van der Waals surface area (Å²) < 4.78 is 5.43. The van der Waals surface area contributed by atoms with Crippen molar-refractivity contribution < 1.29 is 9.53 Å². The van der Waals surface area contributed by atoms with Crippen LogP contribution >= 0.6 is 0 Å². The number of ether oxygens (including phenoxy) is 1. The maximum atomic E-state index is 11.2.